The molecule has 6 nitrogen and oxygen atoms in total. The summed E-state index contributed by atoms with van der Waals surface area (Å²) in [4.78, 5) is 28.2. The Kier molecular flexibility index (Phi) is 7.41. The second kappa shape index (κ2) is 11.4. The van der Waals surface area contributed by atoms with Gasteiger partial charge >= 0.3 is 5.97 Å². The molecule has 5 aromatic rings. The number of benzene rings is 4. The number of carbonyl (C=O) groups excluding carboxylic acids is 1. The molecule has 0 aliphatic carbocycles. The van der Waals surface area contributed by atoms with Gasteiger partial charge in [0.2, 0.25) is 0 Å². The van der Waals surface area contributed by atoms with Crippen LogP contribution >= 0.6 is 0 Å². The third-order valence-electron chi connectivity index (χ3n) is 6.29. The van der Waals surface area contributed by atoms with Crippen LogP contribution < -0.4 is 10.1 Å². The summed E-state index contributed by atoms with van der Waals surface area (Å²) in [5.74, 6) is -0.416. The zero-order chi connectivity index (χ0) is 26.3. The van der Waals surface area contributed by atoms with Gasteiger partial charge in [0.05, 0.1) is 11.3 Å². The molecule has 1 amide bonds. The van der Waals surface area contributed by atoms with Crippen LogP contribution in [-0.2, 0) is 13.0 Å². The SMILES string of the molecule is O=C(O)c1ccc(CCNC(=O)c2ccc3ccc(OCc4ccc(-c5ccccc5)cn4)cc3c2)cc1. The number of rotatable bonds is 9. The first-order chi connectivity index (χ1) is 18.5. The van der Waals surface area contributed by atoms with Crippen LogP contribution in [0.3, 0.4) is 0 Å². The van der Waals surface area contributed by atoms with Gasteiger partial charge in [-0.3, -0.25) is 9.78 Å². The summed E-state index contributed by atoms with van der Waals surface area (Å²) in [5, 5.41) is 13.9. The summed E-state index contributed by atoms with van der Waals surface area (Å²) in [5.41, 5.74) is 4.78. The second-order valence-electron chi connectivity index (χ2n) is 8.92. The molecule has 0 radical (unpaired) electrons. The highest BCUT2D eigenvalue weighted by Crippen LogP contribution is 2.23. The van der Waals surface area contributed by atoms with E-state index in [0.717, 1.165) is 33.2 Å². The molecule has 0 unspecified atom stereocenters. The molecule has 0 spiro atoms. The molecule has 5 rings (SSSR count). The van der Waals surface area contributed by atoms with E-state index >= 15 is 0 Å². The number of fused-ring (bicyclic) bond motifs is 1. The van der Waals surface area contributed by atoms with Crippen molar-refractivity contribution < 1.29 is 19.4 Å². The first kappa shape index (κ1) is 24.7. The summed E-state index contributed by atoms with van der Waals surface area (Å²) in [6.07, 6.45) is 2.46. The summed E-state index contributed by atoms with van der Waals surface area (Å²) in [6, 6.07) is 32.2. The number of hydrogen-bond acceptors (Lipinski definition) is 4. The Hall–Kier alpha value is -4.97. The fourth-order valence-corrected chi connectivity index (χ4v) is 4.16. The van der Waals surface area contributed by atoms with Gasteiger partial charge in [0.25, 0.3) is 5.91 Å². The number of pyridine rings is 1. The number of carboxylic acids is 1. The van der Waals surface area contributed by atoms with E-state index in [0.29, 0.717) is 30.9 Å². The number of hydrogen-bond donors (Lipinski definition) is 2. The molecular formula is C32H26N2O4. The van der Waals surface area contributed by atoms with E-state index in [1.54, 1.807) is 30.3 Å². The minimum Gasteiger partial charge on any atom is -0.487 e. The Morgan fingerprint density at radius 2 is 1.53 bits per heavy atom. The number of amides is 1. The number of carbonyl (C=O) groups is 2. The first-order valence-corrected chi connectivity index (χ1v) is 12.3. The molecule has 0 saturated carbocycles. The van der Waals surface area contributed by atoms with Crippen molar-refractivity contribution in [3.05, 3.63) is 132 Å². The van der Waals surface area contributed by atoms with E-state index in [9.17, 15) is 9.59 Å². The zero-order valence-electron chi connectivity index (χ0n) is 20.6. The highest BCUT2D eigenvalue weighted by molar-refractivity contribution is 5.98. The van der Waals surface area contributed by atoms with Crippen LogP contribution in [0.4, 0.5) is 0 Å². The Balaban J connectivity index is 1.18. The van der Waals surface area contributed by atoms with Crippen LogP contribution in [0.15, 0.2) is 109 Å². The van der Waals surface area contributed by atoms with Gasteiger partial charge in [-0.05, 0) is 70.8 Å². The molecule has 6 heteroatoms. The van der Waals surface area contributed by atoms with Crippen LogP contribution in [-0.4, -0.2) is 28.5 Å². The van der Waals surface area contributed by atoms with E-state index in [2.05, 4.69) is 22.4 Å². The number of aromatic carboxylic acids is 1. The Morgan fingerprint density at radius 3 is 2.26 bits per heavy atom. The van der Waals surface area contributed by atoms with Gasteiger partial charge in [0.1, 0.15) is 12.4 Å². The van der Waals surface area contributed by atoms with Crippen molar-refractivity contribution in [2.45, 2.75) is 13.0 Å². The lowest BCUT2D eigenvalue weighted by molar-refractivity contribution is 0.0696. The second-order valence-corrected chi connectivity index (χ2v) is 8.92. The molecule has 4 aromatic carbocycles. The van der Waals surface area contributed by atoms with Crippen LogP contribution in [0.5, 0.6) is 5.75 Å². The molecule has 1 heterocycles. The number of aromatic nitrogens is 1. The van der Waals surface area contributed by atoms with Crippen molar-refractivity contribution in [3.8, 4) is 16.9 Å². The summed E-state index contributed by atoms with van der Waals surface area (Å²) in [6.45, 7) is 0.788. The molecule has 0 aliphatic rings. The molecule has 188 valence electrons. The first-order valence-electron chi connectivity index (χ1n) is 12.3. The number of nitrogens with one attached hydrogen (secondary N) is 1. The van der Waals surface area contributed by atoms with E-state index in [4.69, 9.17) is 9.84 Å². The van der Waals surface area contributed by atoms with E-state index < -0.39 is 5.97 Å². The standard InChI is InChI=1S/C32H26N2O4/c35-31(33-17-16-22-6-8-25(9-7-22)32(36)37)26-11-10-24-13-15-30(19-28(24)18-26)38-21-29-14-12-27(20-34-29)23-4-2-1-3-5-23/h1-15,18-20H,16-17,21H2,(H,33,35)(H,36,37). The van der Waals surface area contributed by atoms with E-state index in [-0.39, 0.29) is 11.5 Å². The Morgan fingerprint density at radius 1 is 0.763 bits per heavy atom. The molecule has 0 fully saturated rings. The minimum absolute atomic E-state index is 0.164. The molecule has 1 aromatic heterocycles. The van der Waals surface area contributed by atoms with Crippen LogP contribution in [0.25, 0.3) is 21.9 Å². The van der Waals surface area contributed by atoms with Crippen molar-refractivity contribution in [3.63, 3.8) is 0 Å². The van der Waals surface area contributed by atoms with Crippen molar-refractivity contribution in [2.24, 2.45) is 0 Å². The van der Waals surface area contributed by atoms with Gasteiger partial charge in [0.15, 0.2) is 0 Å². The van der Waals surface area contributed by atoms with Crippen molar-refractivity contribution in [1.82, 2.24) is 10.3 Å². The highest BCUT2D eigenvalue weighted by atomic mass is 16.5. The molecule has 0 aliphatic heterocycles. The number of carboxylic acid groups (broad SMARTS) is 1. The lowest BCUT2D eigenvalue weighted by atomic mass is 10.1. The third-order valence-corrected chi connectivity index (χ3v) is 6.29. The maximum absolute atomic E-state index is 12.7. The molecule has 0 atom stereocenters. The van der Waals surface area contributed by atoms with Crippen molar-refractivity contribution in [1.29, 1.82) is 0 Å². The zero-order valence-corrected chi connectivity index (χ0v) is 20.6. The normalized spacial score (nSPS) is 10.7. The van der Waals surface area contributed by atoms with E-state index in [1.165, 1.54) is 0 Å². The quantitative estimate of drug-likeness (QED) is 0.252. The lowest BCUT2D eigenvalue weighted by Gasteiger charge is -2.10. The maximum Gasteiger partial charge on any atom is 0.335 e. The molecule has 0 bridgehead atoms. The van der Waals surface area contributed by atoms with Crippen LogP contribution in [0.2, 0.25) is 0 Å². The predicted octanol–water partition coefficient (Wildman–Crippen LogP) is 6.15. The number of ether oxygens (including phenoxy) is 1. The largest absolute Gasteiger partial charge is 0.487 e. The average Bonchev–Trinajstić information content (AvgIpc) is 2.96. The lowest BCUT2D eigenvalue weighted by Crippen LogP contribution is -2.25. The topological polar surface area (TPSA) is 88.5 Å². The van der Waals surface area contributed by atoms with Crippen molar-refractivity contribution in [2.75, 3.05) is 6.54 Å². The summed E-state index contributed by atoms with van der Waals surface area (Å²) < 4.78 is 5.98. The smallest absolute Gasteiger partial charge is 0.335 e. The van der Waals surface area contributed by atoms with Crippen LogP contribution in [0.1, 0.15) is 32.0 Å². The monoisotopic (exact) mass is 502 g/mol. The Labute approximate surface area is 220 Å². The van der Waals surface area contributed by atoms with Crippen LogP contribution in [0, 0.1) is 0 Å². The molecule has 0 saturated heterocycles. The average molecular weight is 503 g/mol. The minimum atomic E-state index is -0.955. The van der Waals surface area contributed by atoms with Gasteiger partial charge in [-0.15, -0.1) is 0 Å². The fourth-order valence-electron chi connectivity index (χ4n) is 4.16. The van der Waals surface area contributed by atoms with Gasteiger partial charge in [-0.1, -0.05) is 60.7 Å². The predicted molar refractivity (Wildman–Crippen MR) is 147 cm³/mol. The van der Waals surface area contributed by atoms with Gasteiger partial charge < -0.3 is 15.2 Å². The number of nitrogens with zero attached hydrogens (tertiary/aromatic N) is 1. The van der Waals surface area contributed by atoms with Gasteiger partial charge in [-0.2, -0.15) is 0 Å². The molecule has 2 N–H and O–H groups in total. The summed E-state index contributed by atoms with van der Waals surface area (Å²) >= 11 is 0. The fraction of sp³-hybridized carbons (Fsp3) is 0.0938. The molecule has 38 heavy (non-hydrogen) atoms. The summed E-state index contributed by atoms with van der Waals surface area (Å²) in [7, 11) is 0. The Bertz CT molecular complexity index is 1560. The third kappa shape index (κ3) is 6.05. The highest BCUT2D eigenvalue weighted by Gasteiger charge is 2.08. The van der Waals surface area contributed by atoms with E-state index in [1.807, 2.05) is 66.9 Å². The van der Waals surface area contributed by atoms with Gasteiger partial charge in [-0.25, -0.2) is 4.79 Å². The van der Waals surface area contributed by atoms with Gasteiger partial charge in [0, 0.05) is 23.9 Å². The maximum atomic E-state index is 12.7. The van der Waals surface area contributed by atoms with Crippen molar-refractivity contribution >= 4 is 22.6 Å². The molecular weight excluding hydrogens is 476 g/mol.